The van der Waals surface area contributed by atoms with Crippen LogP contribution in [0.1, 0.15) is 52.1 Å². The summed E-state index contributed by atoms with van der Waals surface area (Å²) in [6.07, 6.45) is 3.90. The first kappa shape index (κ1) is 28.3. The second kappa shape index (κ2) is 12.4. The SMILES string of the molecule is CCCCCCN(c1ccc2c(c1)c(OCCN(CC)CC)c(C)n2C)S(=O)(=O)c1cccc2nsnc12. The number of sulfonamides is 1. The molecule has 0 aliphatic carbocycles. The molecule has 0 saturated heterocycles. The Labute approximate surface area is 230 Å². The molecule has 0 fully saturated rings. The van der Waals surface area contributed by atoms with Gasteiger partial charge in [-0.1, -0.05) is 46.1 Å². The predicted octanol–water partition coefficient (Wildman–Crippen LogP) is 5.99. The van der Waals surface area contributed by atoms with Crippen LogP contribution < -0.4 is 9.04 Å². The average molecular weight is 558 g/mol. The van der Waals surface area contributed by atoms with Crippen molar-refractivity contribution < 1.29 is 13.2 Å². The zero-order chi connectivity index (χ0) is 27.3. The first-order chi connectivity index (χ1) is 18.3. The van der Waals surface area contributed by atoms with E-state index < -0.39 is 10.0 Å². The molecule has 0 amide bonds. The molecule has 2 aromatic heterocycles. The highest BCUT2D eigenvalue weighted by Crippen LogP contribution is 2.37. The maximum atomic E-state index is 14.1. The van der Waals surface area contributed by atoms with Crippen molar-refractivity contribution in [1.29, 1.82) is 0 Å². The lowest BCUT2D eigenvalue weighted by Gasteiger charge is -2.25. The topological polar surface area (TPSA) is 80.6 Å². The fourth-order valence-electron chi connectivity index (χ4n) is 4.86. The first-order valence-corrected chi connectivity index (χ1v) is 15.7. The van der Waals surface area contributed by atoms with Gasteiger partial charge in [0.2, 0.25) is 0 Å². The summed E-state index contributed by atoms with van der Waals surface area (Å²) in [5.74, 6) is 0.811. The largest absolute Gasteiger partial charge is 0.490 e. The Morgan fingerprint density at radius 1 is 1.00 bits per heavy atom. The van der Waals surface area contributed by atoms with E-state index in [1.54, 1.807) is 18.2 Å². The molecule has 0 bridgehead atoms. The molecule has 0 spiro atoms. The van der Waals surface area contributed by atoms with E-state index >= 15 is 0 Å². The van der Waals surface area contributed by atoms with Crippen LogP contribution in [0.15, 0.2) is 41.3 Å². The van der Waals surface area contributed by atoms with Gasteiger partial charge in [0.05, 0.1) is 28.6 Å². The Balaban J connectivity index is 1.75. The van der Waals surface area contributed by atoms with E-state index in [9.17, 15) is 8.42 Å². The molecule has 0 unspecified atom stereocenters. The molecular formula is C28H39N5O3S2. The Morgan fingerprint density at radius 3 is 2.53 bits per heavy atom. The monoisotopic (exact) mass is 557 g/mol. The van der Waals surface area contributed by atoms with Crippen LogP contribution >= 0.6 is 11.7 Å². The van der Waals surface area contributed by atoms with Gasteiger partial charge in [-0.05, 0) is 56.8 Å². The number of hydrogen-bond acceptors (Lipinski definition) is 7. The van der Waals surface area contributed by atoms with Gasteiger partial charge in [-0.2, -0.15) is 8.75 Å². The van der Waals surface area contributed by atoms with Crippen molar-refractivity contribution in [3.05, 3.63) is 42.1 Å². The maximum Gasteiger partial charge on any atom is 0.266 e. The van der Waals surface area contributed by atoms with Crippen LogP contribution in [-0.4, -0.2) is 59.4 Å². The van der Waals surface area contributed by atoms with Gasteiger partial charge in [-0.3, -0.25) is 4.31 Å². The van der Waals surface area contributed by atoms with Gasteiger partial charge in [0, 0.05) is 25.5 Å². The zero-order valence-corrected chi connectivity index (χ0v) is 24.7. The number of nitrogens with zero attached hydrogens (tertiary/aromatic N) is 5. The van der Waals surface area contributed by atoms with E-state index in [1.165, 1.54) is 4.31 Å². The van der Waals surface area contributed by atoms with Crippen LogP contribution in [0.25, 0.3) is 21.9 Å². The third-order valence-corrected chi connectivity index (χ3v) is 9.69. The zero-order valence-electron chi connectivity index (χ0n) is 23.1. The summed E-state index contributed by atoms with van der Waals surface area (Å²) in [4.78, 5) is 2.52. The summed E-state index contributed by atoms with van der Waals surface area (Å²) < 4.78 is 46.8. The van der Waals surface area contributed by atoms with Crippen molar-refractivity contribution in [2.24, 2.45) is 7.05 Å². The minimum Gasteiger partial charge on any atom is -0.490 e. The number of aromatic nitrogens is 3. The van der Waals surface area contributed by atoms with Crippen molar-refractivity contribution in [2.45, 2.75) is 58.3 Å². The molecule has 10 heteroatoms. The lowest BCUT2D eigenvalue weighted by Crippen LogP contribution is -2.32. The van der Waals surface area contributed by atoms with Gasteiger partial charge in [-0.25, -0.2) is 8.42 Å². The number of unbranched alkanes of at least 4 members (excludes halogenated alkanes) is 3. The number of hydrogen-bond donors (Lipinski definition) is 0. The van der Waals surface area contributed by atoms with E-state index in [0.717, 1.165) is 79.4 Å². The molecule has 206 valence electrons. The molecule has 0 N–H and O–H groups in total. The van der Waals surface area contributed by atoms with Gasteiger partial charge in [-0.15, -0.1) is 0 Å². The van der Waals surface area contributed by atoms with E-state index in [1.807, 2.05) is 32.2 Å². The number of benzene rings is 2. The van der Waals surface area contributed by atoms with Crippen LogP contribution in [0.4, 0.5) is 5.69 Å². The summed E-state index contributed by atoms with van der Waals surface area (Å²) in [5.41, 5.74) is 3.69. The lowest BCUT2D eigenvalue weighted by molar-refractivity contribution is 0.223. The van der Waals surface area contributed by atoms with Crippen LogP contribution in [0.3, 0.4) is 0 Å². The van der Waals surface area contributed by atoms with Crippen LogP contribution in [-0.2, 0) is 17.1 Å². The van der Waals surface area contributed by atoms with Gasteiger partial charge in [0.1, 0.15) is 28.3 Å². The van der Waals surface area contributed by atoms with Crippen molar-refractivity contribution in [3.8, 4) is 5.75 Å². The van der Waals surface area contributed by atoms with Gasteiger partial charge in [0.25, 0.3) is 10.0 Å². The van der Waals surface area contributed by atoms with Crippen LogP contribution in [0.5, 0.6) is 5.75 Å². The lowest BCUT2D eigenvalue weighted by atomic mass is 10.2. The second-order valence-corrected chi connectivity index (χ2v) is 11.9. The van der Waals surface area contributed by atoms with E-state index in [4.69, 9.17) is 4.74 Å². The molecule has 2 aromatic carbocycles. The van der Waals surface area contributed by atoms with Crippen molar-refractivity contribution in [2.75, 3.05) is 37.1 Å². The van der Waals surface area contributed by atoms with Crippen LogP contribution in [0.2, 0.25) is 0 Å². The summed E-state index contributed by atoms with van der Waals surface area (Å²) in [6, 6.07) is 11.0. The second-order valence-electron chi connectivity index (χ2n) is 9.58. The smallest absolute Gasteiger partial charge is 0.266 e. The van der Waals surface area contributed by atoms with Gasteiger partial charge >= 0.3 is 0 Å². The van der Waals surface area contributed by atoms with E-state index in [2.05, 4.69) is 39.0 Å². The summed E-state index contributed by atoms with van der Waals surface area (Å²) in [6.45, 7) is 12.3. The van der Waals surface area contributed by atoms with E-state index in [0.29, 0.717) is 29.9 Å². The number of aryl methyl sites for hydroxylation is 1. The number of likely N-dealkylation sites (N-methyl/N-ethyl adjacent to an activating group) is 1. The molecule has 4 rings (SSSR count). The molecule has 0 radical (unpaired) electrons. The highest BCUT2D eigenvalue weighted by atomic mass is 32.2. The minimum atomic E-state index is -3.87. The van der Waals surface area contributed by atoms with E-state index in [-0.39, 0.29) is 4.90 Å². The molecule has 4 aromatic rings. The third-order valence-electron chi connectivity index (χ3n) is 7.29. The molecule has 0 saturated carbocycles. The fraction of sp³-hybridized carbons (Fsp3) is 0.500. The highest BCUT2D eigenvalue weighted by Gasteiger charge is 2.29. The summed E-state index contributed by atoms with van der Waals surface area (Å²) in [7, 11) is -1.86. The number of rotatable bonds is 14. The van der Waals surface area contributed by atoms with Crippen LogP contribution in [0, 0.1) is 6.92 Å². The number of anilines is 1. The molecule has 8 nitrogen and oxygen atoms in total. The first-order valence-electron chi connectivity index (χ1n) is 13.5. The Bertz CT molecular complexity index is 1470. The number of ether oxygens (including phenoxy) is 1. The minimum absolute atomic E-state index is 0.194. The number of fused-ring (bicyclic) bond motifs is 2. The van der Waals surface area contributed by atoms with Crippen molar-refractivity contribution in [3.63, 3.8) is 0 Å². The standard InChI is InChI=1S/C28H39N5O3S2/c1-6-9-10-11-17-33(38(34,35)26-14-12-13-24-27(26)30-37-29-24)22-15-16-25-23(20-22)28(21(4)31(25)5)36-19-18-32(7-2)8-3/h12-16,20H,6-11,17-19H2,1-5H3. The van der Waals surface area contributed by atoms with Crippen molar-refractivity contribution >= 4 is 49.4 Å². The molecule has 0 atom stereocenters. The van der Waals surface area contributed by atoms with Gasteiger partial charge in [0.15, 0.2) is 0 Å². The third kappa shape index (κ3) is 5.67. The Hall–Kier alpha value is -2.69. The Morgan fingerprint density at radius 2 is 1.79 bits per heavy atom. The molecule has 0 aliphatic heterocycles. The average Bonchev–Trinajstić information content (AvgIpc) is 3.49. The van der Waals surface area contributed by atoms with Gasteiger partial charge < -0.3 is 14.2 Å². The normalized spacial score (nSPS) is 12.2. The summed E-state index contributed by atoms with van der Waals surface area (Å²) in [5, 5.41) is 0.921. The quantitative estimate of drug-likeness (QED) is 0.177. The van der Waals surface area contributed by atoms with Crippen molar-refractivity contribution in [1.82, 2.24) is 18.2 Å². The molecule has 2 heterocycles. The molecule has 38 heavy (non-hydrogen) atoms. The predicted molar refractivity (Wildman–Crippen MR) is 157 cm³/mol. The maximum absolute atomic E-state index is 14.1. The highest BCUT2D eigenvalue weighted by molar-refractivity contribution is 7.93. The summed E-state index contributed by atoms with van der Waals surface area (Å²) >= 11 is 1.03. The molecule has 0 aliphatic rings. The Kier molecular flexibility index (Phi) is 9.27. The fourth-order valence-corrected chi connectivity index (χ4v) is 7.11. The molecular weight excluding hydrogens is 518 g/mol.